The number of nitrogens with zero attached hydrogens (tertiary/aromatic N) is 1. The minimum atomic E-state index is -2.96. The Balaban J connectivity index is 2.55. The molecule has 0 aromatic heterocycles. The molecule has 0 spiro atoms. The lowest BCUT2D eigenvalue weighted by Crippen LogP contribution is -2.47. The highest BCUT2D eigenvalue weighted by Gasteiger charge is 2.30. The van der Waals surface area contributed by atoms with E-state index in [-0.39, 0.29) is 5.37 Å². The highest BCUT2D eigenvalue weighted by Crippen LogP contribution is 2.20. The van der Waals surface area contributed by atoms with Crippen LogP contribution in [0.15, 0.2) is 0 Å². The second-order valence-corrected chi connectivity index (χ2v) is 7.06. The first-order valence-electron chi connectivity index (χ1n) is 5.00. The molecule has 1 saturated heterocycles. The maximum Gasteiger partial charge on any atom is 0.164 e. The highest BCUT2D eigenvalue weighted by molar-refractivity contribution is 8.00. The Morgan fingerprint density at radius 1 is 1.60 bits per heavy atom. The summed E-state index contributed by atoms with van der Waals surface area (Å²) in [6.07, 6.45) is 8.10. The summed E-state index contributed by atoms with van der Waals surface area (Å²) in [6.45, 7) is 1.65. The van der Waals surface area contributed by atoms with Gasteiger partial charge >= 0.3 is 0 Å². The van der Waals surface area contributed by atoms with E-state index in [2.05, 4.69) is 5.92 Å². The molecule has 0 bridgehead atoms. The van der Waals surface area contributed by atoms with Gasteiger partial charge in [0, 0.05) is 37.3 Å². The number of rotatable bonds is 4. The quantitative estimate of drug-likeness (QED) is 0.544. The van der Waals surface area contributed by atoms with Gasteiger partial charge in [-0.15, -0.1) is 12.3 Å². The Labute approximate surface area is 96.5 Å². The Morgan fingerprint density at radius 2 is 2.33 bits per heavy atom. The summed E-state index contributed by atoms with van der Waals surface area (Å²) < 4.78 is 23.1. The lowest BCUT2D eigenvalue weighted by molar-refractivity contribution is 0.268. The molecule has 1 aliphatic heterocycles. The van der Waals surface area contributed by atoms with Gasteiger partial charge in [0.15, 0.2) is 9.84 Å². The number of thioether (sulfide) groups is 1. The maximum absolute atomic E-state index is 11.5. The van der Waals surface area contributed by atoms with Crippen molar-refractivity contribution < 1.29 is 8.42 Å². The molecule has 1 rings (SSSR count). The predicted octanol–water partition coefficient (Wildman–Crippen LogP) is 0.819. The predicted molar refractivity (Wildman–Crippen MR) is 65.6 cm³/mol. The van der Waals surface area contributed by atoms with Crippen LogP contribution in [0.5, 0.6) is 0 Å². The third kappa shape index (κ3) is 4.06. The van der Waals surface area contributed by atoms with E-state index in [1.165, 1.54) is 6.26 Å². The normalized spacial score (nSPS) is 23.6. The van der Waals surface area contributed by atoms with Gasteiger partial charge in [-0.25, -0.2) is 8.42 Å². The van der Waals surface area contributed by atoms with Gasteiger partial charge in [-0.1, -0.05) is 0 Å². The zero-order chi connectivity index (χ0) is 11.3. The molecular formula is C10H17NO2S2. The minimum Gasteiger partial charge on any atom is -0.286 e. The number of hydrogen-bond acceptors (Lipinski definition) is 4. The van der Waals surface area contributed by atoms with E-state index < -0.39 is 9.84 Å². The summed E-state index contributed by atoms with van der Waals surface area (Å²) in [5, 5.41) is -0.311. The zero-order valence-corrected chi connectivity index (χ0v) is 10.6. The first-order chi connectivity index (χ1) is 7.05. The molecule has 0 radical (unpaired) electrons. The van der Waals surface area contributed by atoms with Crippen LogP contribution in [-0.2, 0) is 9.84 Å². The second kappa shape index (κ2) is 5.78. The summed E-state index contributed by atoms with van der Waals surface area (Å²) in [5.41, 5.74) is 0. The van der Waals surface area contributed by atoms with Crippen LogP contribution >= 0.6 is 11.8 Å². The Bertz CT molecular complexity index is 332. The number of terminal acetylenes is 1. The first-order valence-corrected chi connectivity index (χ1v) is 8.11. The van der Waals surface area contributed by atoms with E-state index in [1.807, 2.05) is 4.90 Å². The van der Waals surface area contributed by atoms with Crippen molar-refractivity contribution >= 4 is 21.6 Å². The molecule has 15 heavy (non-hydrogen) atoms. The molecule has 0 saturated carbocycles. The molecule has 0 amide bonds. The van der Waals surface area contributed by atoms with E-state index in [1.54, 1.807) is 11.8 Å². The molecule has 3 nitrogen and oxygen atoms in total. The van der Waals surface area contributed by atoms with E-state index in [0.29, 0.717) is 5.75 Å². The molecule has 1 unspecified atom stereocenters. The van der Waals surface area contributed by atoms with E-state index in [9.17, 15) is 8.42 Å². The molecule has 5 heteroatoms. The van der Waals surface area contributed by atoms with Crippen molar-refractivity contribution in [3.8, 4) is 12.3 Å². The zero-order valence-electron chi connectivity index (χ0n) is 8.98. The van der Waals surface area contributed by atoms with Gasteiger partial charge in [0.2, 0.25) is 0 Å². The first kappa shape index (κ1) is 12.9. The standard InChI is InChI=1S/C10H17NO2S2/c1-3-4-5-6-11-7-8-14-9-10(11)15(2,12)13/h1,10H,4-9H2,2H3. The van der Waals surface area contributed by atoms with E-state index >= 15 is 0 Å². The SMILES string of the molecule is C#CCCCN1CCSCC1S(C)(=O)=O. The molecule has 86 valence electrons. The largest absolute Gasteiger partial charge is 0.286 e. The summed E-state index contributed by atoms with van der Waals surface area (Å²) in [7, 11) is -2.96. The van der Waals surface area contributed by atoms with Crippen molar-refractivity contribution in [1.29, 1.82) is 0 Å². The van der Waals surface area contributed by atoms with Crippen LogP contribution in [0.25, 0.3) is 0 Å². The van der Waals surface area contributed by atoms with Gasteiger partial charge in [-0.2, -0.15) is 11.8 Å². The van der Waals surface area contributed by atoms with Crippen LogP contribution in [0.4, 0.5) is 0 Å². The average molecular weight is 247 g/mol. The maximum atomic E-state index is 11.5. The third-order valence-electron chi connectivity index (χ3n) is 2.45. The number of sulfone groups is 1. The van der Waals surface area contributed by atoms with Crippen LogP contribution < -0.4 is 0 Å². The third-order valence-corrected chi connectivity index (χ3v) is 5.14. The van der Waals surface area contributed by atoms with Crippen LogP contribution in [-0.4, -0.2) is 49.5 Å². The lowest BCUT2D eigenvalue weighted by Gasteiger charge is -2.33. The fourth-order valence-electron chi connectivity index (χ4n) is 1.65. The van der Waals surface area contributed by atoms with E-state index in [0.717, 1.165) is 31.7 Å². The molecule has 0 aliphatic carbocycles. The molecule has 0 aromatic carbocycles. The van der Waals surface area contributed by atoms with Crippen molar-refractivity contribution in [3.63, 3.8) is 0 Å². The van der Waals surface area contributed by atoms with Gasteiger partial charge in [0.05, 0.1) is 0 Å². The molecule has 1 aliphatic rings. The van der Waals surface area contributed by atoms with Crippen molar-refractivity contribution in [3.05, 3.63) is 0 Å². The Kier molecular flexibility index (Phi) is 4.97. The summed E-state index contributed by atoms with van der Waals surface area (Å²) >= 11 is 1.71. The molecule has 0 aromatic rings. The topological polar surface area (TPSA) is 37.4 Å². The number of unbranched alkanes of at least 4 members (excludes halogenated alkanes) is 1. The van der Waals surface area contributed by atoms with Gasteiger partial charge in [-0.3, -0.25) is 4.90 Å². The lowest BCUT2D eigenvalue weighted by atomic mass is 10.3. The van der Waals surface area contributed by atoms with Crippen LogP contribution in [0.2, 0.25) is 0 Å². The van der Waals surface area contributed by atoms with Crippen molar-refractivity contribution in [2.24, 2.45) is 0 Å². The fourth-order valence-corrected chi connectivity index (χ4v) is 4.62. The fraction of sp³-hybridized carbons (Fsp3) is 0.800. The molecule has 1 atom stereocenters. The molecular weight excluding hydrogens is 230 g/mol. The van der Waals surface area contributed by atoms with Crippen molar-refractivity contribution in [2.75, 3.05) is 30.9 Å². The Hall–Kier alpha value is -0.180. The van der Waals surface area contributed by atoms with Gasteiger partial charge in [0.25, 0.3) is 0 Å². The van der Waals surface area contributed by atoms with Crippen LogP contribution in [0, 0.1) is 12.3 Å². The van der Waals surface area contributed by atoms with Crippen LogP contribution in [0.3, 0.4) is 0 Å². The highest BCUT2D eigenvalue weighted by atomic mass is 32.2. The van der Waals surface area contributed by atoms with Crippen molar-refractivity contribution in [2.45, 2.75) is 18.2 Å². The smallest absolute Gasteiger partial charge is 0.164 e. The monoisotopic (exact) mass is 247 g/mol. The second-order valence-electron chi connectivity index (χ2n) is 3.70. The molecule has 0 N–H and O–H groups in total. The minimum absolute atomic E-state index is 0.311. The van der Waals surface area contributed by atoms with Gasteiger partial charge < -0.3 is 0 Å². The van der Waals surface area contributed by atoms with Gasteiger partial charge in [-0.05, 0) is 6.42 Å². The van der Waals surface area contributed by atoms with Crippen LogP contribution in [0.1, 0.15) is 12.8 Å². The summed E-state index contributed by atoms with van der Waals surface area (Å²) in [6, 6.07) is 0. The average Bonchev–Trinajstić information content (AvgIpc) is 2.17. The van der Waals surface area contributed by atoms with Crippen molar-refractivity contribution in [1.82, 2.24) is 4.90 Å². The Morgan fingerprint density at radius 3 is 2.93 bits per heavy atom. The summed E-state index contributed by atoms with van der Waals surface area (Å²) in [5.74, 6) is 4.28. The summed E-state index contributed by atoms with van der Waals surface area (Å²) in [4.78, 5) is 2.04. The molecule has 1 heterocycles. The van der Waals surface area contributed by atoms with Gasteiger partial charge in [0.1, 0.15) is 5.37 Å². The van der Waals surface area contributed by atoms with E-state index in [4.69, 9.17) is 6.42 Å². The molecule has 1 fully saturated rings. The number of hydrogen-bond donors (Lipinski definition) is 0.